The van der Waals surface area contributed by atoms with Crippen LogP contribution < -0.4 is 5.73 Å². The smallest absolute Gasteiger partial charge is 0.0325 e. The number of hydrogen-bond donors (Lipinski definition) is 1. The normalized spacial score (nSPS) is 10.1. The second-order valence-electron chi connectivity index (χ2n) is 3.11. The quantitative estimate of drug-likeness (QED) is 0.765. The summed E-state index contributed by atoms with van der Waals surface area (Å²) < 4.78 is 1.03. The molecule has 0 atom stereocenters. The molecule has 2 heteroatoms. The SMILES string of the molecule is Nc1ccc(-c2ccccc2)c(Br)c1. The van der Waals surface area contributed by atoms with E-state index in [9.17, 15) is 0 Å². The molecule has 14 heavy (non-hydrogen) atoms. The molecule has 2 aromatic rings. The molecule has 0 radical (unpaired) electrons. The number of benzene rings is 2. The van der Waals surface area contributed by atoms with Crippen LogP contribution in [0.3, 0.4) is 0 Å². The summed E-state index contributed by atoms with van der Waals surface area (Å²) >= 11 is 3.50. The Labute approximate surface area is 91.7 Å². The van der Waals surface area contributed by atoms with Crippen LogP contribution in [0.5, 0.6) is 0 Å². The van der Waals surface area contributed by atoms with Gasteiger partial charge in [0.1, 0.15) is 0 Å². The van der Waals surface area contributed by atoms with Crippen molar-refractivity contribution in [3.8, 4) is 11.1 Å². The van der Waals surface area contributed by atoms with E-state index in [1.54, 1.807) is 0 Å². The van der Waals surface area contributed by atoms with Crippen molar-refractivity contribution in [3.05, 3.63) is 53.0 Å². The molecule has 0 saturated heterocycles. The Morgan fingerprint density at radius 2 is 1.64 bits per heavy atom. The Balaban J connectivity index is 2.53. The molecular formula is C12H10BrN. The minimum absolute atomic E-state index is 0.775. The summed E-state index contributed by atoms with van der Waals surface area (Å²) in [5.74, 6) is 0. The van der Waals surface area contributed by atoms with Crippen LogP contribution in [0, 0.1) is 0 Å². The predicted molar refractivity (Wildman–Crippen MR) is 64.0 cm³/mol. The van der Waals surface area contributed by atoms with Crippen molar-refractivity contribution in [1.29, 1.82) is 0 Å². The Hall–Kier alpha value is -1.28. The third kappa shape index (κ3) is 1.80. The Morgan fingerprint density at radius 3 is 2.29 bits per heavy atom. The van der Waals surface area contributed by atoms with Gasteiger partial charge in [-0.1, -0.05) is 52.3 Å². The third-order valence-electron chi connectivity index (χ3n) is 2.08. The largest absolute Gasteiger partial charge is 0.399 e. The van der Waals surface area contributed by atoms with E-state index in [0.29, 0.717) is 0 Å². The second kappa shape index (κ2) is 3.84. The molecule has 0 amide bonds. The van der Waals surface area contributed by atoms with Crippen LogP contribution >= 0.6 is 15.9 Å². The Morgan fingerprint density at radius 1 is 0.929 bits per heavy atom. The Kier molecular flexibility index (Phi) is 2.55. The fourth-order valence-corrected chi connectivity index (χ4v) is 2.01. The minimum Gasteiger partial charge on any atom is -0.399 e. The molecule has 1 nitrogen and oxygen atoms in total. The lowest BCUT2D eigenvalue weighted by Crippen LogP contribution is -1.85. The van der Waals surface area contributed by atoms with E-state index < -0.39 is 0 Å². The van der Waals surface area contributed by atoms with Crippen molar-refractivity contribution in [2.24, 2.45) is 0 Å². The van der Waals surface area contributed by atoms with Crippen LogP contribution in [-0.2, 0) is 0 Å². The lowest BCUT2D eigenvalue weighted by Gasteiger charge is -2.04. The summed E-state index contributed by atoms with van der Waals surface area (Å²) in [6, 6.07) is 16.1. The van der Waals surface area contributed by atoms with Crippen LogP contribution in [-0.4, -0.2) is 0 Å². The summed E-state index contributed by atoms with van der Waals surface area (Å²) in [6.45, 7) is 0. The number of nitrogens with two attached hydrogens (primary N) is 1. The van der Waals surface area contributed by atoms with E-state index in [-0.39, 0.29) is 0 Å². The molecule has 0 bridgehead atoms. The molecule has 2 N–H and O–H groups in total. The molecular weight excluding hydrogens is 238 g/mol. The van der Waals surface area contributed by atoms with Crippen LogP contribution in [0.1, 0.15) is 0 Å². The molecule has 0 aliphatic rings. The highest BCUT2D eigenvalue weighted by molar-refractivity contribution is 9.10. The average molecular weight is 248 g/mol. The first kappa shape index (κ1) is 9.28. The predicted octanol–water partition coefficient (Wildman–Crippen LogP) is 3.70. The molecule has 0 aromatic heterocycles. The van der Waals surface area contributed by atoms with Gasteiger partial charge in [0.15, 0.2) is 0 Å². The van der Waals surface area contributed by atoms with Gasteiger partial charge in [0.2, 0.25) is 0 Å². The van der Waals surface area contributed by atoms with Gasteiger partial charge in [0.05, 0.1) is 0 Å². The molecule has 2 rings (SSSR count). The van der Waals surface area contributed by atoms with Gasteiger partial charge in [0, 0.05) is 10.2 Å². The lowest BCUT2D eigenvalue weighted by atomic mass is 10.1. The standard InChI is InChI=1S/C12H10BrN/c13-12-8-10(14)6-7-11(12)9-4-2-1-3-5-9/h1-8H,14H2. The summed E-state index contributed by atoms with van der Waals surface area (Å²) in [4.78, 5) is 0. The van der Waals surface area contributed by atoms with Gasteiger partial charge in [-0.15, -0.1) is 0 Å². The van der Waals surface area contributed by atoms with E-state index >= 15 is 0 Å². The molecule has 0 aliphatic carbocycles. The van der Waals surface area contributed by atoms with Crippen molar-refractivity contribution >= 4 is 21.6 Å². The maximum absolute atomic E-state index is 5.68. The topological polar surface area (TPSA) is 26.0 Å². The zero-order valence-electron chi connectivity index (χ0n) is 7.57. The van der Waals surface area contributed by atoms with Crippen molar-refractivity contribution < 1.29 is 0 Å². The number of nitrogen functional groups attached to an aromatic ring is 1. The van der Waals surface area contributed by atoms with Crippen LogP contribution in [0.4, 0.5) is 5.69 Å². The molecule has 0 heterocycles. The second-order valence-corrected chi connectivity index (χ2v) is 3.96. The highest BCUT2D eigenvalue weighted by Crippen LogP contribution is 2.29. The van der Waals surface area contributed by atoms with E-state index in [4.69, 9.17) is 5.73 Å². The third-order valence-corrected chi connectivity index (χ3v) is 2.73. The highest BCUT2D eigenvalue weighted by atomic mass is 79.9. The van der Waals surface area contributed by atoms with E-state index in [1.807, 2.05) is 36.4 Å². The lowest BCUT2D eigenvalue weighted by molar-refractivity contribution is 1.58. The highest BCUT2D eigenvalue weighted by Gasteiger charge is 2.01. The van der Waals surface area contributed by atoms with Gasteiger partial charge in [-0.3, -0.25) is 0 Å². The first-order valence-electron chi connectivity index (χ1n) is 4.38. The van der Waals surface area contributed by atoms with E-state index in [1.165, 1.54) is 11.1 Å². The van der Waals surface area contributed by atoms with Crippen molar-refractivity contribution in [3.63, 3.8) is 0 Å². The monoisotopic (exact) mass is 247 g/mol. The maximum atomic E-state index is 5.68. The molecule has 70 valence electrons. The average Bonchev–Trinajstić information content (AvgIpc) is 2.19. The minimum atomic E-state index is 0.775. The molecule has 0 unspecified atom stereocenters. The summed E-state index contributed by atoms with van der Waals surface area (Å²) in [5, 5.41) is 0. The van der Waals surface area contributed by atoms with Crippen molar-refractivity contribution in [1.82, 2.24) is 0 Å². The van der Waals surface area contributed by atoms with Gasteiger partial charge < -0.3 is 5.73 Å². The first-order chi connectivity index (χ1) is 6.77. The van der Waals surface area contributed by atoms with Gasteiger partial charge >= 0.3 is 0 Å². The van der Waals surface area contributed by atoms with Crippen molar-refractivity contribution in [2.75, 3.05) is 5.73 Å². The zero-order chi connectivity index (χ0) is 9.97. The molecule has 0 saturated carbocycles. The molecule has 0 aliphatic heterocycles. The van der Waals surface area contributed by atoms with Crippen molar-refractivity contribution in [2.45, 2.75) is 0 Å². The van der Waals surface area contributed by atoms with E-state index in [2.05, 4.69) is 28.1 Å². The van der Waals surface area contributed by atoms with Gasteiger partial charge in [-0.2, -0.15) is 0 Å². The first-order valence-corrected chi connectivity index (χ1v) is 5.17. The molecule has 2 aromatic carbocycles. The number of anilines is 1. The number of halogens is 1. The number of hydrogen-bond acceptors (Lipinski definition) is 1. The van der Waals surface area contributed by atoms with Crippen LogP contribution in [0.25, 0.3) is 11.1 Å². The molecule has 0 spiro atoms. The van der Waals surface area contributed by atoms with Gasteiger partial charge in [-0.05, 0) is 23.3 Å². The van der Waals surface area contributed by atoms with Crippen LogP contribution in [0.15, 0.2) is 53.0 Å². The van der Waals surface area contributed by atoms with E-state index in [0.717, 1.165) is 10.2 Å². The molecule has 0 fully saturated rings. The maximum Gasteiger partial charge on any atom is 0.0325 e. The summed E-state index contributed by atoms with van der Waals surface area (Å²) in [6.07, 6.45) is 0. The summed E-state index contributed by atoms with van der Waals surface area (Å²) in [7, 11) is 0. The fraction of sp³-hybridized carbons (Fsp3) is 0. The van der Waals surface area contributed by atoms with Gasteiger partial charge in [-0.25, -0.2) is 0 Å². The Bertz CT molecular complexity index is 437. The fourth-order valence-electron chi connectivity index (χ4n) is 1.38. The van der Waals surface area contributed by atoms with Gasteiger partial charge in [0.25, 0.3) is 0 Å². The zero-order valence-corrected chi connectivity index (χ0v) is 9.16. The number of rotatable bonds is 1. The summed E-state index contributed by atoms with van der Waals surface area (Å²) in [5.41, 5.74) is 8.81. The van der Waals surface area contributed by atoms with Crippen LogP contribution in [0.2, 0.25) is 0 Å².